The predicted molar refractivity (Wildman–Crippen MR) is 94.0 cm³/mol. The number of amides is 1. The Morgan fingerprint density at radius 2 is 1.96 bits per heavy atom. The van der Waals surface area contributed by atoms with Crippen molar-refractivity contribution in [3.8, 4) is 0 Å². The molecular formula is C18H19N3O4. The van der Waals surface area contributed by atoms with Crippen LogP contribution in [0.15, 0.2) is 48.5 Å². The third-order valence-corrected chi connectivity index (χ3v) is 4.08. The van der Waals surface area contributed by atoms with Crippen molar-refractivity contribution in [2.45, 2.75) is 18.9 Å². The van der Waals surface area contributed by atoms with E-state index in [1.54, 1.807) is 29.2 Å². The summed E-state index contributed by atoms with van der Waals surface area (Å²) in [5.41, 5.74) is 1.15. The molecular weight excluding hydrogens is 322 g/mol. The second kappa shape index (κ2) is 7.31. The maximum atomic E-state index is 12.6. The molecule has 1 saturated carbocycles. The quantitative estimate of drug-likeness (QED) is 0.596. The van der Waals surface area contributed by atoms with Gasteiger partial charge >= 0.3 is 0 Å². The van der Waals surface area contributed by atoms with Gasteiger partial charge in [-0.3, -0.25) is 14.9 Å². The van der Waals surface area contributed by atoms with Crippen LogP contribution < -0.4 is 5.32 Å². The highest BCUT2D eigenvalue weighted by Crippen LogP contribution is 2.31. The van der Waals surface area contributed by atoms with Crippen molar-refractivity contribution in [1.82, 2.24) is 4.90 Å². The molecule has 0 saturated heterocycles. The molecule has 2 N–H and O–H groups in total. The van der Waals surface area contributed by atoms with Crippen molar-refractivity contribution in [2.24, 2.45) is 0 Å². The van der Waals surface area contributed by atoms with Crippen LogP contribution in [0.4, 0.5) is 17.1 Å². The van der Waals surface area contributed by atoms with Crippen molar-refractivity contribution in [1.29, 1.82) is 0 Å². The van der Waals surface area contributed by atoms with E-state index in [9.17, 15) is 14.9 Å². The van der Waals surface area contributed by atoms with Crippen LogP contribution in [0.2, 0.25) is 0 Å². The number of aliphatic hydroxyl groups excluding tert-OH is 1. The van der Waals surface area contributed by atoms with Crippen molar-refractivity contribution in [2.75, 3.05) is 18.5 Å². The molecule has 1 amide bonds. The molecule has 0 aromatic heterocycles. The average molecular weight is 341 g/mol. The number of benzene rings is 2. The lowest BCUT2D eigenvalue weighted by Gasteiger charge is -2.21. The van der Waals surface area contributed by atoms with Crippen molar-refractivity contribution in [3.63, 3.8) is 0 Å². The third kappa shape index (κ3) is 3.95. The Labute approximate surface area is 145 Å². The minimum atomic E-state index is -0.504. The van der Waals surface area contributed by atoms with Gasteiger partial charge in [0.1, 0.15) is 5.69 Å². The minimum absolute atomic E-state index is 0.126. The Morgan fingerprint density at radius 1 is 1.24 bits per heavy atom. The summed E-state index contributed by atoms with van der Waals surface area (Å²) < 4.78 is 0. The van der Waals surface area contributed by atoms with Crippen LogP contribution in [0.5, 0.6) is 0 Å². The first kappa shape index (κ1) is 16.9. The lowest BCUT2D eigenvalue weighted by Crippen LogP contribution is -2.35. The van der Waals surface area contributed by atoms with E-state index < -0.39 is 4.92 Å². The van der Waals surface area contributed by atoms with Gasteiger partial charge in [0.15, 0.2) is 0 Å². The summed E-state index contributed by atoms with van der Waals surface area (Å²) in [5, 5.41) is 23.6. The first-order valence-corrected chi connectivity index (χ1v) is 8.12. The molecule has 2 aromatic carbocycles. The number of anilines is 2. The van der Waals surface area contributed by atoms with Gasteiger partial charge in [0.25, 0.3) is 11.6 Å². The SMILES string of the molecule is O=C(c1ccc(Nc2ccccc2)c([N+](=O)[O-])c1)N(CCO)C1CC1. The molecule has 0 unspecified atom stereocenters. The van der Waals surface area contributed by atoms with Gasteiger partial charge in [-0.1, -0.05) is 18.2 Å². The average Bonchev–Trinajstić information content (AvgIpc) is 3.45. The Morgan fingerprint density at radius 3 is 2.56 bits per heavy atom. The van der Waals surface area contributed by atoms with Crippen molar-refractivity contribution < 1.29 is 14.8 Å². The highest BCUT2D eigenvalue weighted by molar-refractivity contribution is 5.96. The highest BCUT2D eigenvalue weighted by Gasteiger charge is 2.33. The van der Waals surface area contributed by atoms with Gasteiger partial charge in [-0.15, -0.1) is 0 Å². The molecule has 1 aliphatic carbocycles. The number of rotatable bonds is 7. The standard InChI is InChI=1S/C18H19N3O4/c22-11-10-20(15-7-8-15)18(23)13-6-9-16(17(12-13)21(24)25)19-14-4-2-1-3-5-14/h1-6,9,12,15,19,22H,7-8,10-11H2. The third-order valence-electron chi connectivity index (χ3n) is 4.08. The van der Waals surface area contributed by atoms with E-state index in [1.807, 2.05) is 18.2 Å². The summed E-state index contributed by atoms with van der Waals surface area (Å²) in [6.07, 6.45) is 1.81. The molecule has 3 rings (SSSR count). The molecule has 0 atom stereocenters. The molecule has 0 aliphatic heterocycles. The Bertz CT molecular complexity index is 775. The zero-order valence-corrected chi connectivity index (χ0v) is 13.6. The van der Waals surface area contributed by atoms with E-state index >= 15 is 0 Å². The molecule has 1 aliphatic rings. The largest absolute Gasteiger partial charge is 0.395 e. The Balaban J connectivity index is 1.88. The van der Waals surface area contributed by atoms with Crippen LogP contribution in [-0.2, 0) is 0 Å². The number of carbonyl (C=O) groups is 1. The Hall–Kier alpha value is -2.93. The molecule has 7 nitrogen and oxygen atoms in total. The first-order chi connectivity index (χ1) is 12.1. The second-order valence-corrected chi connectivity index (χ2v) is 5.93. The number of hydrogen-bond acceptors (Lipinski definition) is 5. The van der Waals surface area contributed by atoms with E-state index in [-0.39, 0.29) is 36.4 Å². The maximum absolute atomic E-state index is 12.6. The summed E-state index contributed by atoms with van der Waals surface area (Å²) in [5.74, 6) is -0.286. The van der Waals surface area contributed by atoms with E-state index in [1.165, 1.54) is 6.07 Å². The highest BCUT2D eigenvalue weighted by atomic mass is 16.6. The van der Waals surface area contributed by atoms with Crippen molar-refractivity contribution >= 4 is 23.0 Å². The number of nitro groups is 1. The number of carbonyl (C=O) groups excluding carboxylic acids is 1. The van der Waals surface area contributed by atoms with E-state index in [2.05, 4.69) is 5.32 Å². The zero-order valence-electron chi connectivity index (χ0n) is 13.6. The van der Waals surface area contributed by atoms with Crippen LogP contribution >= 0.6 is 0 Å². The predicted octanol–water partition coefficient (Wildman–Crippen LogP) is 2.94. The van der Waals surface area contributed by atoms with Crippen LogP contribution in [-0.4, -0.2) is 40.0 Å². The monoisotopic (exact) mass is 341 g/mol. The minimum Gasteiger partial charge on any atom is -0.395 e. The second-order valence-electron chi connectivity index (χ2n) is 5.93. The van der Waals surface area contributed by atoms with Gasteiger partial charge in [0, 0.05) is 29.9 Å². The van der Waals surface area contributed by atoms with E-state index in [0.29, 0.717) is 5.69 Å². The number of para-hydroxylation sites is 1. The summed E-state index contributed by atoms with van der Waals surface area (Å²) in [6, 6.07) is 13.7. The summed E-state index contributed by atoms with van der Waals surface area (Å²) in [4.78, 5) is 25.1. The van der Waals surface area contributed by atoms with E-state index in [4.69, 9.17) is 5.11 Å². The fourth-order valence-electron chi connectivity index (χ4n) is 2.71. The number of nitrogens with one attached hydrogen (secondary N) is 1. The van der Waals surface area contributed by atoms with Gasteiger partial charge < -0.3 is 15.3 Å². The van der Waals surface area contributed by atoms with Crippen LogP contribution in [0.3, 0.4) is 0 Å². The molecule has 0 spiro atoms. The van der Waals surface area contributed by atoms with Gasteiger partial charge in [-0.05, 0) is 37.1 Å². The number of nitrogens with zero attached hydrogens (tertiary/aromatic N) is 2. The summed E-state index contributed by atoms with van der Waals surface area (Å²) in [6.45, 7) is 0.110. The van der Waals surface area contributed by atoms with Crippen molar-refractivity contribution in [3.05, 3.63) is 64.2 Å². The molecule has 130 valence electrons. The van der Waals surface area contributed by atoms with Crippen LogP contribution in [0.1, 0.15) is 23.2 Å². The van der Waals surface area contributed by atoms with E-state index in [0.717, 1.165) is 18.5 Å². The van der Waals surface area contributed by atoms with Gasteiger partial charge in [0.05, 0.1) is 11.5 Å². The lowest BCUT2D eigenvalue weighted by molar-refractivity contribution is -0.383. The maximum Gasteiger partial charge on any atom is 0.293 e. The normalized spacial score (nSPS) is 13.3. The van der Waals surface area contributed by atoms with Gasteiger partial charge in [0.2, 0.25) is 0 Å². The van der Waals surface area contributed by atoms with Gasteiger partial charge in [-0.25, -0.2) is 0 Å². The topological polar surface area (TPSA) is 95.7 Å². The summed E-state index contributed by atoms with van der Waals surface area (Å²) >= 11 is 0. The molecule has 0 bridgehead atoms. The fourth-order valence-corrected chi connectivity index (χ4v) is 2.71. The lowest BCUT2D eigenvalue weighted by atomic mass is 10.1. The van der Waals surface area contributed by atoms with Gasteiger partial charge in [-0.2, -0.15) is 0 Å². The molecule has 1 fully saturated rings. The molecule has 7 heteroatoms. The molecule has 2 aromatic rings. The first-order valence-electron chi connectivity index (χ1n) is 8.12. The fraction of sp³-hybridized carbons (Fsp3) is 0.278. The number of hydrogen-bond donors (Lipinski definition) is 2. The van der Waals surface area contributed by atoms with Crippen LogP contribution in [0.25, 0.3) is 0 Å². The molecule has 0 heterocycles. The van der Waals surface area contributed by atoms with Crippen LogP contribution in [0, 0.1) is 10.1 Å². The molecule has 25 heavy (non-hydrogen) atoms. The number of nitro benzene ring substituents is 1. The summed E-state index contributed by atoms with van der Waals surface area (Å²) in [7, 11) is 0. The zero-order chi connectivity index (χ0) is 17.8. The molecule has 0 radical (unpaired) electrons. The smallest absolute Gasteiger partial charge is 0.293 e. The Kier molecular flexibility index (Phi) is 4.95. The number of aliphatic hydroxyl groups is 1.